The lowest BCUT2D eigenvalue weighted by atomic mass is 10.1. The molecule has 22 heavy (non-hydrogen) atoms. The summed E-state index contributed by atoms with van der Waals surface area (Å²) in [6, 6.07) is 2.39. The van der Waals surface area contributed by atoms with Gasteiger partial charge in [-0.05, 0) is 19.1 Å². The van der Waals surface area contributed by atoms with Gasteiger partial charge in [-0.2, -0.15) is 0 Å². The zero-order chi connectivity index (χ0) is 16.9. The first-order valence-electron chi connectivity index (χ1n) is 6.21. The smallest absolute Gasteiger partial charge is 0.338 e. The molecule has 9 heteroatoms. The average molecular weight is 312 g/mol. The van der Waals surface area contributed by atoms with E-state index >= 15 is 0 Å². The van der Waals surface area contributed by atoms with Crippen LogP contribution in [0.4, 0.5) is 11.4 Å². The molecule has 0 spiro atoms. The summed E-state index contributed by atoms with van der Waals surface area (Å²) in [5.41, 5.74) is -0.474. The van der Waals surface area contributed by atoms with Crippen LogP contribution in [0.5, 0.6) is 0 Å². The molecule has 0 radical (unpaired) electrons. The minimum atomic E-state index is -1.19. The van der Waals surface area contributed by atoms with Crippen LogP contribution in [0.25, 0.3) is 0 Å². The summed E-state index contributed by atoms with van der Waals surface area (Å²) in [4.78, 5) is 33.4. The number of nitro benzene ring substituents is 1. The van der Waals surface area contributed by atoms with E-state index < -0.39 is 34.7 Å². The minimum absolute atomic E-state index is 0.00795. The van der Waals surface area contributed by atoms with Gasteiger partial charge in [0.2, 0.25) is 0 Å². The van der Waals surface area contributed by atoms with Crippen molar-refractivity contribution in [2.75, 3.05) is 19.5 Å². The zero-order valence-corrected chi connectivity index (χ0v) is 12.2. The monoisotopic (exact) mass is 312 g/mol. The highest BCUT2D eigenvalue weighted by Gasteiger charge is 2.28. The van der Waals surface area contributed by atoms with E-state index in [0.29, 0.717) is 0 Å². The third-order valence-electron chi connectivity index (χ3n) is 2.86. The van der Waals surface area contributed by atoms with Gasteiger partial charge in [-0.25, -0.2) is 9.59 Å². The van der Waals surface area contributed by atoms with Crippen molar-refractivity contribution in [2.45, 2.75) is 19.1 Å². The molecule has 0 bridgehead atoms. The highest BCUT2D eigenvalue weighted by Crippen LogP contribution is 2.27. The molecule has 1 aromatic carbocycles. The van der Waals surface area contributed by atoms with Crippen molar-refractivity contribution in [1.29, 1.82) is 0 Å². The number of anilines is 1. The lowest BCUT2D eigenvalue weighted by molar-refractivity contribution is -0.384. The highest BCUT2D eigenvalue weighted by atomic mass is 16.6. The van der Waals surface area contributed by atoms with E-state index in [0.717, 1.165) is 20.3 Å². The van der Waals surface area contributed by atoms with Crippen LogP contribution < -0.4 is 5.32 Å². The van der Waals surface area contributed by atoms with Gasteiger partial charge in [-0.15, -0.1) is 0 Å². The quantitative estimate of drug-likeness (QED) is 0.446. The maximum Gasteiger partial charge on any atom is 0.338 e. The summed E-state index contributed by atoms with van der Waals surface area (Å²) in [6.07, 6.45) is -1.15. The van der Waals surface area contributed by atoms with Gasteiger partial charge < -0.3 is 19.9 Å². The number of carbonyl (C=O) groups is 2. The van der Waals surface area contributed by atoms with Gasteiger partial charge in [-0.3, -0.25) is 10.1 Å². The molecule has 0 saturated heterocycles. The lowest BCUT2D eigenvalue weighted by Crippen LogP contribution is -2.40. The van der Waals surface area contributed by atoms with Crippen molar-refractivity contribution in [1.82, 2.24) is 0 Å². The number of nitro groups is 1. The number of rotatable bonds is 6. The minimum Gasteiger partial charge on any atom is -0.467 e. The van der Waals surface area contributed by atoms with Crippen molar-refractivity contribution in [3.8, 4) is 0 Å². The summed E-state index contributed by atoms with van der Waals surface area (Å²) in [7, 11) is 2.29. The standard InChI is InChI=1S/C13H16N2O7/c1-7(16)11(13(18)22-3)14-9-5-4-8(12(17)21-2)6-10(9)15(19)20/h4-7,11,14,16H,1-3H3. The summed E-state index contributed by atoms with van der Waals surface area (Å²) in [6.45, 7) is 1.34. The molecular weight excluding hydrogens is 296 g/mol. The van der Waals surface area contributed by atoms with Crippen molar-refractivity contribution in [3.05, 3.63) is 33.9 Å². The van der Waals surface area contributed by atoms with E-state index in [4.69, 9.17) is 0 Å². The molecule has 2 unspecified atom stereocenters. The van der Waals surface area contributed by atoms with Gasteiger partial charge in [0.25, 0.3) is 5.69 Å². The first-order valence-corrected chi connectivity index (χ1v) is 6.21. The SMILES string of the molecule is COC(=O)c1ccc(NC(C(=O)OC)C(C)O)c([N+](=O)[O-])c1. The predicted molar refractivity (Wildman–Crippen MR) is 75.5 cm³/mol. The molecule has 1 rings (SSSR count). The summed E-state index contributed by atoms with van der Waals surface area (Å²) < 4.78 is 9.01. The Morgan fingerprint density at radius 2 is 1.95 bits per heavy atom. The molecule has 2 N–H and O–H groups in total. The molecule has 9 nitrogen and oxygen atoms in total. The second-order valence-electron chi connectivity index (χ2n) is 4.37. The normalized spacial score (nSPS) is 12.9. The third-order valence-corrected chi connectivity index (χ3v) is 2.86. The number of aliphatic hydroxyl groups excluding tert-OH is 1. The van der Waals surface area contributed by atoms with Crippen LogP contribution in [0.1, 0.15) is 17.3 Å². The molecule has 0 fully saturated rings. The Labute approximate surface area is 126 Å². The Kier molecular flexibility index (Phi) is 5.81. The highest BCUT2D eigenvalue weighted by molar-refractivity contribution is 5.91. The topological polar surface area (TPSA) is 128 Å². The fourth-order valence-electron chi connectivity index (χ4n) is 1.72. The Bertz CT molecular complexity index is 586. The summed E-state index contributed by atoms with van der Waals surface area (Å²) >= 11 is 0. The lowest BCUT2D eigenvalue weighted by Gasteiger charge is -2.20. The van der Waals surface area contributed by atoms with E-state index in [1.165, 1.54) is 19.1 Å². The first-order chi connectivity index (χ1) is 10.3. The molecule has 0 heterocycles. The van der Waals surface area contributed by atoms with E-state index in [1.54, 1.807) is 0 Å². The Morgan fingerprint density at radius 3 is 2.41 bits per heavy atom. The molecule has 0 aliphatic rings. The van der Waals surface area contributed by atoms with Crippen molar-refractivity contribution < 1.29 is 29.1 Å². The molecule has 0 aliphatic carbocycles. The molecule has 0 saturated carbocycles. The predicted octanol–water partition coefficient (Wildman–Crippen LogP) is 0.716. The van der Waals surface area contributed by atoms with Crippen LogP contribution in [0.3, 0.4) is 0 Å². The molecule has 2 atom stereocenters. The van der Waals surface area contributed by atoms with Crippen LogP contribution in [-0.2, 0) is 14.3 Å². The van der Waals surface area contributed by atoms with Gasteiger partial charge >= 0.3 is 11.9 Å². The van der Waals surface area contributed by atoms with E-state index in [1.807, 2.05) is 0 Å². The zero-order valence-electron chi connectivity index (χ0n) is 12.2. The molecule has 0 aliphatic heterocycles. The summed E-state index contributed by atoms with van der Waals surface area (Å²) in [5, 5.41) is 23.2. The van der Waals surface area contributed by atoms with Gasteiger partial charge in [0, 0.05) is 6.07 Å². The number of hydrogen-bond donors (Lipinski definition) is 2. The van der Waals surface area contributed by atoms with Crippen LogP contribution in [0, 0.1) is 10.1 Å². The summed E-state index contributed by atoms with van der Waals surface area (Å²) in [5.74, 6) is -1.50. The molecule has 1 aromatic rings. The first kappa shape index (κ1) is 17.4. The van der Waals surface area contributed by atoms with Gasteiger partial charge in [0.05, 0.1) is 30.8 Å². The Balaban J connectivity index is 3.20. The second kappa shape index (κ2) is 7.36. The number of esters is 2. The fourth-order valence-corrected chi connectivity index (χ4v) is 1.72. The Hall–Kier alpha value is -2.68. The average Bonchev–Trinajstić information content (AvgIpc) is 2.50. The van der Waals surface area contributed by atoms with Crippen LogP contribution in [0.2, 0.25) is 0 Å². The van der Waals surface area contributed by atoms with Crippen LogP contribution in [0.15, 0.2) is 18.2 Å². The third kappa shape index (κ3) is 3.92. The Morgan fingerprint density at radius 1 is 1.32 bits per heavy atom. The number of benzene rings is 1. The maximum absolute atomic E-state index is 11.6. The number of nitrogens with zero attached hydrogens (tertiary/aromatic N) is 1. The van der Waals surface area contributed by atoms with Crippen LogP contribution >= 0.6 is 0 Å². The van der Waals surface area contributed by atoms with Gasteiger partial charge in [-0.1, -0.05) is 0 Å². The number of ether oxygens (including phenoxy) is 2. The number of nitrogens with one attached hydrogen (secondary N) is 1. The molecule has 0 amide bonds. The maximum atomic E-state index is 11.6. The fraction of sp³-hybridized carbons (Fsp3) is 0.385. The van der Waals surface area contributed by atoms with E-state index in [9.17, 15) is 24.8 Å². The van der Waals surface area contributed by atoms with Gasteiger partial charge in [0.15, 0.2) is 6.04 Å². The number of aliphatic hydroxyl groups is 1. The second-order valence-corrected chi connectivity index (χ2v) is 4.37. The molecule has 120 valence electrons. The number of methoxy groups -OCH3 is 2. The van der Waals surface area contributed by atoms with Crippen molar-refractivity contribution in [3.63, 3.8) is 0 Å². The van der Waals surface area contributed by atoms with Crippen molar-refractivity contribution >= 4 is 23.3 Å². The van der Waals surface area contributed by atoms with E-state index in [-0.39, 0.29) is 11.3 Å². The van der Waals surface area contributed by atoms with Crippen molar-refractivity contribution in [2.24, 2.45) is 0 Å². The van der Waals surface area contributed by atoms with Gasteiger partial charge in [0.1, 0.15) is 5.69 Å². The number of carbonyl (C=O) groups excluding carboxylic acids is 2. The van der Waals surface area contributed by atoms with Crippen LogP contribution in [-0.4, -0.2) is 48.3 Å². The largest absolute Gasteiger partial charge is 0.467 e. The number of hydrogen-bond acceptors (Lipinski definition) is 8. The molecular formula is C13H16N2O7. The van der Waals surface area contributed by atoms with E-state index in [2.05, 4.69) is 14.8 Å². The molecule has 0 aromatic heterocycles.